The van der Waals surface area contributed by atoms with Crippen molar-refractivity contribution in [1.29, 1.82) is 0 Å². The standard InChI is InChI=1S/C8H6BNO/c1-2-7(11)6-3-4-10-8(9)5-6/h2-5H,1H2. The molecular formula is C8H6BNO. The maximum atomic E-state index is 11.0. The van der Waals surface area contributed by atoms with E-state index in [1.54, 1.807) is 6.07 Å². The van der Waals surface area contributed by atoms with E-state index in [2.05, 4.69) is 11.6 Å². The Bertz CT molecular complexity index is 296. The number of hydrogen-bond acceptors (Lipinski definition) is 2. The van der Waals surface area contributed by atoms with E-state index in [9.17, 15) is 4.79 Å². The molecule has 52 valence electrons. The molecule has 1 aromatic heterocycles. The van der Waals surface area contributed by atoms with Crippen LogP contribution in [0, 0.1) is 0 Å². The van der Waals surface area contributed by atoms with Crippen LogP contribution < -0.4 is 5.59 Å². The van der Waals surface area contributed by atoms with Crippen molar-refractivity contribution in [3.05, 3.63) is 36.5 Å². The summed E-state index contributed by atoms with van der Waals surface area (Å²) >= 11 is 0. The Morgan fingerprint density at radius 3 is 3.00 bits per heavy atom. The lowest BCUT2D eigenvalue weighted by atomic mass is 10.0. The van der Waals surface area contributed by atoms with Gasteiger partial charge >= 0.3 is 0 Å². The second-order valence-electron chi connectivity index (χ2n) is 2.04. The minimum absolute atomic E-state index is 0.140. The molecule has 2 nitrogen and oxygen atoms in total. The monoisotopic (exact) mass is 143 g/mol. The topological polar surface area (TPSA) is 30.0 Å². The number of allylic oxidation sites excluding steroid dienone is 1. The molecule has 0 amide bonds. The molecule has 0 saturated heterocycles. The van der Waals surface area contributed by atoms with Gasteiger partial charge in [-0.1, -0.05) is 6.58 Å². The molecule has 1 aromatic rings. The first-order valence-corrected chi connectivity index (χ1v) is 3.12. The van der Waals surface area contributed by atoms with E-state index in [1.807, 2.05) is 0 Å². The van der Waals surface area contributed by atoms with E-state index in [4.69, 9.17) is 7.85 Å². The van der Waals surface area contributed by atoms with Crippen LogP contribution in [0.25, 0.3) is 0 Å². The minimum Gasteiger partial charge on any atom is -0.289 e. The largest absolute Gasteiger partial charge is 0.289 e. The van der Waals surface area contributed by atoms with Crippen LogP contribution in [-0.4, -0.2) is 18.6 Å². The van der Waals surface area contributed by atoms with E-state index < -0.39 is 0 Å². The average Bonchev–Trinajstić information content (AvgIpc) is 2.03. The van der Waals surface area contributed by atoms with Crippen molar-refractivity contribution in [2.75, 3.05) is 0 Å². The van der Waals surface area contributed by atoms with E-state index in [1.165, 1.54) is 18.3 Å². The van der Waals surface area contributed by atoms with Gasteiger partial charge in [0.25, 0.3) is 0 Å². The number of aromatic nitrogens is 1. The van der Waals surface area contributed by atoms with Crippen LogP contribution in [0.2, 0.25) is 0 Å². The van der Waals surface area contributed by atoms with Gasteiger partial charge in [0.15, 0.2) is 5.78 Å². The molecule has 0 spiro atoms. The van der Waals surface area contributed by atoms with Gasteiger partial charge in [-0.2, -0.15) is 0 Å². The Hall–Kier alpha value is -1.38. The highest BCUT2D eigenvalue weighted by Crippen LogP contribution is 1.95. The number of carbonyl (C=O) groups excluding carboxylic acids is 1. The van der Waals surface area contributed by atoms with Crippen LogP contribution in [-0.2, 0) is 0 Å². The van der Waals surface area contributed by atoms with Crippen molar-refractivity contribution in [3.8, 4) is 0 Å². The van der Waals surface area contributed by atoms with Gasteiger partial charge in [0.2, 0.25) is 0 Å². The van der Waals surface area contributed by atoms with Crippen molar-refractivity contribution in [2.24, 2.45) is 0 Å². The smallest absolute Gasteiger partial charge is 0.185 e. The molecule has 1 rings (SSSR count). The zero-order valence-corrected chi connectivity index (χ0v) is 5.95. The summed E-state index contributed by atoms with van der Waals surface area (Å²) in [6, 6.07) is 3.12. The summed E-state index contributed by atoms with van der Waals surface area (Å²) in [5, 5.41) is 0. The molecule has 3 heteroatoms. The van der Waals surface area contributed by atoms with Gasteiger partial charge in [-0.05, 0) is 23.8 Å². The van der Waals surface area contributed by atoms with Crippen molar-refractivity contribution in [2.45, 2.75) is 0 Å². The van der Waals surface area contributed by atoms with Gasteiger partial charge in [0.05, 0.1) is 0 Å². The minimum atomic E-state index is -0.140. The fourth-order valence-corrected chi connectivity index (χ4v) is 0.719. The summed E-state index contributed by atoms with van der Waals surface area (Å²) in [6.45, 7) is 3.36. The maximum Gasteiger partial charge on any atom is 0.185 e. The highest BCUT2D eigenvalue weighted by Gasteiger charge is 1.98. The van der Waals surface area contributed by atoms with Crippen LogP contribution in [0.15, 0.2) is 31.0 Å². The number of pyridine rings is 1. The summed E-state index contributed by atoms with van der Waals surface area (Å²) in [5.74, 6) is -0.140. The average molecular weight is 143 g/mol. The number of carbonyl (C=O) groups is 1. The summed E-state index contributed by atoms with van der Waals surface area (Å²) in [7, 11) is 5.35. The van der Waals surface area contributed by atoms with Crippen LogP contribution in [0.4, 0.5) is 0 Å². The van der Waals surface area contributed by atoms with Crippen LogP contribution in [0.5, 0.6) is 0 Å². The SMILES string of the molecule is [B]c1cc(C(=O)C=C)ccn1. The van der Waals surface area contributed by atoms with Crippen molar-refractivity contribution in [3.63, 3.8) is 0 Å². The second-order valence-corrected chi connectivity index (χ2v) is 2.04. The third-order valence-electron chi connectivity index (χ3n) is 1.25. The highest BCUT2D eigenvalue weighted by atomic mass is 16.1. The Balaban J connectivity index is 3.05. The molecule has 2 radical (unpaired) electrons. The third-order valence-corrected chi connectivity index (χ3v) is 1.25. The molecule has 0 aliphatic heterocycles. The van der Waals surface area contributed by atoms with E-state index in [0.29, 0.717) is 11.2 Å². The lowest BCUT2D eigenvalue weighted by molar-refractivity contribution is 0.104. The van der Waals surface area contributed by atoms with Gasteiger partial charge in [0.1, 0.15) is 7.85 Å². The zero-order valence-electron chi connectivity index (χ0n) is 5.95. The summed E-state index contributed by atoms with van der Waals surface area (Å²) in [5.41, 5.74) is 0.866. The van der Waals surface area contributed by atoms with Gasteiger partial charge < -0.3 is 0 Å². The molecule has 0 unspecified atom stereocenters. The molecule has 0 atom stereocenters. The van der Waals surface area contributed by atoms with Crippen molar-refractivity contribution < 1.29 is 4.79 Å². The molecule has 0 saturated carbocycles. The zero-order chi connectivity index (χ0) is 8.27. The van der Waals surface area contributed by atoms with E-state index in [0.717, 1.165) is 0 Å². The summed E-state index contributed by atoms with van der Waals surface area (Å²) in [6.07, 6.45) is 2.74. The van der Waals surface area contributed by atoms with Gasteiger partial charge in [-0.15, -0.1) is 0 Å². The Morgan fingerprint density at radius 2 is 2.45 bits per heavy atom. The van der Waals surface area contributed by atoms with Gasteiger partial charge in [-0.3, -0.25) is 9.78 Å². The molecule has 0 aliphatic rings. The number of rotatable bonds is 2. The van der Waals surface area contributed by atoms with E-state index >= 15 is 0 Å². The lowest BCUT2D eigenvalue weighted by Crippen LogP contribution is -2.09. The predicted molar refractivity (Wildman–Crippen MR) is 44.2 cm³/mol. The second kappa shape index (κ2) is 3.15. The van der Waals surface area contributed by atoms with Crippen LogP contribution in [0.1, 0.15) is 10.4 Å². The van der Waals surface area contributed by atoms with Gasteiger partial charge in [0, 0.05) is 11.8 Å². The molecule has 0 aliphatic carbocycles. The van der Waals surface area contributed by atoms with E-state index in [-0.39, 0.29) is 5.78 Å². The quantitative estimate of drug-likeness (QED) is 0.337. The highest BCUT2D eigenvalue weighted by molar-refractivity contribution is 6.31. The van der Waals surface area contributed by atoms with Crippen LogP contribution >= 0.6 is 0 Å². The number of ketones is 1. The molecule has 0 bridgehead atoms. The van der Waals surface area contributed by atoms with Crippen molar-refractivity contribution in [1.82, 2.24) is 4.98 Å². The fraction of sp³-hybridized carbons (Fsp3) is 0. The van der Waals surface area contributed by atoms with Crippen LogP contribution in [0.3, 0.4) is 0 Å². The fourth-order valence-electron chi connectivity index (χ4n) is 0.719. The predicted octanol–water partition coefficient (Wildman–Crippen LogP) is 0.244. The molecule has 11 heavy (non-hydrogen) atoms. The maximum absolute atomic E-state index is 11.0. The van der Waals surface area contributed by atoms with Crippen molar-refractivity contribution >= 4 is 19.2 Å². The molecule has 0 fully saturated rings. The Labute approximate surface area is 66.4 Å². The Kier molecular flexibility index (Phi) is 2.21. The first-order valence-electron chi connectivity index (χ1n) is 3.12. The number of hydrogen-bond donors (Lipinski definition) is 0. The summed E-state index contributed by atoms with van der Waals surface area (Å²) < 4.78 is 0. The number of nitrogens with zero attached hydrogens (tertiary/aromatic N) is 1. The lowest BCUT2D eigenvalue weighted by Gasteiger charge is -1.95. The first-order chi connectivity index (χ1) is 5.24. The molecule has 0 aromatic carbocycles. The normalized spacial score (nSPS) is 9.09. The molecular weight excluding hydrogens is 137 g/mol. The Morgan fingerprint density at radius 1 is 1.73 bits per heavy atom. The first kappa shape index (κ1) is 7.73. The third kappa shape index (κ3) is 1.77. The summed E-state index contributed by atoms with van der Waals surface area (Å²) in [4.78, 5) is 14.7. The molecule has 1 heterocycles. The van der Waals surface area contributed by atoms with Gasteiger partial charge in [-0.25, -0.2) is 0 Å². The molecule has 0 N–H and O–H groups in total.